The molecule has 0 saturated carbocycles. The highest BCUT2D eigenvalue weighted by Crippen LogP contribution is 2.26. The first-order valence-corrected chi connectivity index (χ1v) is 5.50. The summed E-state index contributed by atoms with van der Waals surface area (Å²) >= 11 is 5.72. The second-order valence-corrected chi connectivity index (χ2v) is 4.02. The number of hydrogen-bond donors (Lipinski definition) is 1. The SMILES string of the molecule is CCNc1nc2c(F)c(Cl)ccc2cc1C. The number of pyridine rings is 1. The number of nitrogens with one attached hydrogen (secondary N) is 1. The summed E-state index contributed by atoms with van der Waals surface area (Å²) in [6, 6.07) is 5.23. The minimum absolute atomic E-state index is 0.103. The van der Waals surface area contributed by atoms with Crippen molar-refractivity contribution in [1.82, 2.24) is 4.98 Å². The van der Waals surface area contributed by atoms with Crippen molar-refractivity contribution in [2.75, 3.05) is 11.9 Å². The number of halogens is 2. The molecule has 2 aromatic rings. The van der Waals surface area contributed by atoms with E-state index in [0.717, 1.165) is 17.5 Å². The Balaban J connectivity index is 2.70. The van der Waals surface area contributed by atoms with Gasteiger partial charge in [0.15, 0.2) is 5.82 Å². The van der Waals surface area contributed by atoms with E-state index < -0.39 is 5.82 Å². The summed E-state index contributed by atoms with van der Waals surface area (Å²) in [5.74, 6) is 0.245. The molecule has 0 saturated heterocycles. The van der Waals surface area contributed by atoms with Gasteiger partial charge in [0.25, 0.3) is 0 Å². The first kappa shape index (κ1) is 11.1. The molecule has 84 valence electrons. The Morgan fingerprint density at radius 2 is 2.19 bits per heavy atom. The molecule has 1 N–H and O–H groups in total. The zero-order chi connectivity index (χ0) is 11.7. The van der Waals surface area contributed by atoms with Crippen LogP contribution in [0.2, 0.25) is 5.02 Å². The smallest absolute Gasteiger partial charge is 0.168 e. The Labute approximate surface area is 98.4 Å². The van der Waals surface area contributed by atoms with Crippen molar-refractivity contribution in [2.24, 2.45) is 0 Å². The Kier molecular flexibility index (Phi) is 2.97. The predicted octanol–water partition coefficient (Wildman–Crippen LogP) is 3.77. The molecule has 0 atom stereocenters. The van der Waals surface area contributed by atoms with Gasteiger partial charge < -0.3 is 5.32 Å². The van der Waals surface area contributed by atoms with Crippen molar-refractivity contribution < 1.29 is 4.39 Å². The van der Waals surface area contributed by atoms with Crippen LogP contribution in [0, 0.1) is 12.7 Å². The van der Waals surface area contributed by atoms with E-state index in [1.165, 1.54) is 0 Å². The lowest BCUT2D eigenvalue weighted by molar-refractivity contribution is 0.637. The highest BCUT2D eigenvalue weighted by Gasteiger charge is 2.09. The molecule has 0 amide bonds. The lowest BCUT2D eigenvalue weighted by atomic mass is 10.1. The second kappa shape index (κ2) is 4.26. The van der Waals surface area contributed by atoms with Crippen LogP contribution in [-0.2, 0) is 0 Å². The first-order chi connectivity index (χ1) is 7.63. The van der Waals surface area contributed by atoms with Crippen LogP contribution in [-0.4, -0.2) is 11.5 Å². The maximum Gasteiger partial charge on any atom is 0.168 e. The molecule has 1 heterocycles. The molecule has 0 radical (unpaired) electrons. The van der Waals surface area contributed by atoms with E-state index in [2.05, 4.69) is 10.3 Å². The molecule has 16 heavy (non-hydrogen) atoms. The number of benzene rings is 1. The van der Waals surface area contributed by atoms with Gasteiger partial charge in [0.1, 0.15) is 11.3 Å². The molecular formula is C12H12ClFN2. The van der Waals surface area contributed by atoms with Crippen molar-refractivity contribution in [3.05, 3.63) is 34.6 Å². The number of nitrogens with zero attached hydrogens (tertiary/aromatic N) is 1. The Bertz CT molecular complexity index is 540. The van der Waals surface area contributed by atoms with Gasteiger partial charge >= 0.3 is 0 Å². The van der Waals surface area contributed by atoms with Gasteiger partial charge in [-0.15, -0.1) is 0 Å². The van der Waals surface area contributed by atoms with Gasteiger partial charge in [-0.2, -0.15) is 0 Å². The van der Waals surface area contributed by atoms with Gasteiger partial charge in [-0.05, 0) is 31.5 Å². The molecule has 1 aromatic heterocycles. The summed E-state index contributed by atoms with van der Waals surface area (Å²) in [6.07, 6.45) is 0. The normalized spacial score (nSPS) is 10.8. The minimum atomic E-state index is -0.460. The third-order valence-electron chi connectivity index (χ3n) is 2.41. The molecule has 0 aliphatic rings. The maximum absolute atomic E-state index is 13.7. The second-order valence-electron chi connectivity index (χ2n) is 3.62. The third-order valence-corrected chi connectivity index (χ3v) is 2.71. The van der Waals surface area contributed by atoms with Crippen LogP contribution in [0.25, 0.3) is 10.9 Å². The highest BCUT2D eigenvalue weighted by atomic mass is 35.5. The van der Waals surface area contributed by atoms with Crippen LogP contribution >= 0.6 is 11.6 Å². The van der Waals surface area contributed by atoms with Crippen molar-refractivity contribution in [2.45, 2.75) is 13.8 Å². The fraction of sp³-hybridized carbons (Fsp3) is 0.250. The number of fused-ring (bicyclic) bond motifs is 1. The summed E-state index contributed by atoms with van der Waals surface area (Å²) in [4.78, 5) is 4.25. The predicted molar refractivity (Wildman–Crippen MR) is 65.6 cm³/mol. The fourth-order valence-corrected chi connectivity index (χ4v) is 1.79. The number of rotatable bonds is 2. The maximum atomic E-state index is 13.7. The summed E-state index contributed by atoms with van der Waals surface area (Å²) < 4.78 is 13.7. The van der Waals surface area contributed by atoms with Crippen molar-refractivity contribution in [3.63, 3.8) is 0 Å². The monoisotopic (exact) mass is 238 g/mol. The van der Waals surface area contributed by atoms with Crippen LogP contribution < -0.4 is 5.32 Å². The molecule has 0 aliphatic heterocycles. The average molecular weight is 239 g/mol. The van der Waals surface area contributed by atoms with Crippen LogP contribution in [0.5, 0.6) is 0 Å². The van der Waals surface area contributed by atoms with Gasteiger partial charge in [0.2, 0.25) is 0 Å². The van der Waals surface area contributed by atoms with Crippen molar-refractivity contribution in [3.8, 4) is 0 Å². The molecule has 0 bridgehead atoms. The van der Waals surface area contributed by atoms with E-state index in [-0.39, 0.29) is 5.02 Å². The highest BCUT2D eigenvalue weighted by molar-refractivity contribution is 6.31. The van der Waals surface area contributed by atoms with E-state index in [1.54, 1.807) is 12.1 Å². The third kappa shape index (κ3) is 1.83. The summed E-state index contributed by atoms with van der Waals surface area (Å²) in [6.45, 7) is 4.66. The largest absolute Gasteiger partial charge is 0.370 e. The van der Waals surface area contributed by atoms with E-state index in [1.807, 2.05) is 19.9 Å². The van der Waals surface area contributed by atoms with Crippen LogP contribution in [0.4, 0.5) is 10.2 Å². The molecule has 1 aromatic carbocycles. The molecule has 2 rings (SSSR count). The van der Waals surface area contributed by atoms with Crippen molar-refractivity contribution in [1.29, 1.82) is 0 Å². The lowest BCUT2D eigenvalue weighted by Crippen LogP contribution is -2.02. The first-order valence-electron chi connectivity index (χ1n) is 5.12. The molecule has 2 nitrogen and oxygen atoms in total. The zero-order valence-electron chi connectivity index (χ0n) is 9.14. The van der Waals surface area contributed by atoms with E-state index in [9.17, 15) is 4.39 Å². The molecule has 0 fully saturated rings. The fourth-order valence-electron chi connectivity index (χ4n) is 1.63. The topological polar surface area (TPSA) is 24.9 Å². The molecule has 0 spiro atoms. The number of anilines is 1. The lowest BCUT2D eigenvalue weighted by Gasteiger charge is -2.09. The quantitative estimate of drug-likeness (QED) is 0.862. The van der Waals surface area contributed by atoms with Gasteiger partial charge in [-0.3, -0.25) is 0 Å². The Morgan fingerprint density at radius 3 is 2.88 bits per heavy atom. The number of hydrogen-bond acceptors (Lipinski definition) is 2. The zero-order valence-corrected chi connectivity index (χ0v) is 9.90. The Morgan fingerprint density at radius 1 is 1.44 bits per heavy atom. The number of aromatic nitrogens is 1. The van der Waals surface area contributed by atoms with E-state index in [4.69, 9.17) is 11.6 Å². The Hall–Kier alpha value is -1.35. The summed E-state index contributed by atoms with van der Waals surface area (Å²) in [7, 11) is 0. The molecular weight excluding hydrogens is 227 g/mol. The van der Waals surface area contributed by atoms with E-state index in [0.29, 0.717) is 11.3 Å². The van der Waals surface area contributed by atoms with Crippen LogP contribution in [0.15, 0.2) is 18.2 Å². The van der Waals surface area contributed by atoms with Gasteiger partial charge in [0.05, 0.1) is 5.02 Å². The standard InChI is InChI=1S/C12H12ClFN2/c1-3-15-12-7(2)6-8-4-5-9(13)10(14)11(8)16-12/h4-6H,3H2,1-2H3,(H,15,16). The minimum Gasteiger partial charge on any atom is -0.370 e. The average Bonchev–Trinajstić information content (AvgIpc) is 2.26. The van der Waals surface area contributed by atoms with Gasteiger partial charge in [-0.25, -0.2) is 9.37 Å². The van der Waals surface area contributed by atoms with Crippen LogP contribution in [0.3, 0.4) is 0 Å². The van der Waals surface area contributed by atoms with Gasteiger partial charge in [-0.1, -0.05) is 17.7 Å². The molecule has 0 unspecified atom stereocenters. The summed E-state index contributed by atoms with van der Waals surface area (Å²) in [5, 5.41) is 3.96. The van der Waals surface area contributed by atoms with Crippen LogP contribution in [0.1, 0.15) is 12.5 Å². The molecule has 4 heteroatoms. The number of aryl methyl sites for hydroxylation is 1. The molecule has 0 aliphatic carbocycles. The van der Waals surface area contributed by atoms with Crippen molar-refractivity contribution >= 4 is 28.3 Å². The van der Waals surface area contributed by atoms with E-state index >= 15 is 0 Å². The summed E-state index contributed by atoms with van der Waals surface area (Å²) in [5.41, 5.74) is 1.31. The van der Waals surface area contributed by atoms with Gasteiger partial charge in [0, 0.05) is 11.9 Å².